The van der Waals surface area contributed by atoms with E-state index in [2.05, 4.69) is 5.09 Å². The predicted octanol–water partition coefficient (Wildman–Crippen LogP) is 6.03. The topological polar surface area (TPSA) is 29.1 Å². The van der Waals surface area contributed by atoms with Crippen molar-refractivity contribution in [3.05, 3.63) is 30.3 Å². The Morgan fingerprint density at radius 3 is 1.65 bits per heavy atom. The lowest BCUT2D eigenvalue weighted by Crippen LogP contribution is -2.22. The van der Waals surface area contributed by atoms with Crippen molar-refractivity contribution >= 4 is 82.6 Å². The molecule has 0 unspecified atom stereocenters. The molecule has 9 heteroatoms. The number of halogens is 6. The van der Waals surface area contributed by atoms with Gasteiger partial charge in [0.1, 0.15) is 0 Å². The molecule has 0 spiro atoms. The molecule has 0 aromatic heterocycles. The summed E-state index contributed by atoms with van der Waals surface area (Å²) < 4.78 is 8.04. The predicted molar refractivity (Wildman–Crippen MR) is 78.3 cm³/mol. The molecule has 0 bridgehead atoms. The SMILES string of the molecule is O=P(Nc1ccccc1)(C(Cl)(Cl)Cl)C(Cl)(Cl)Cl. The quantitative estimate of drug-likeness (QED) is 0.505. The van der Waals surface area contributed by atoms with E-state index in [4.69, 9.17) is 69.6 Å². The maximum Gasteiger partial charge on any atom is 0.269 e. The fourth-order valence-electron chi connectivity index (χ4n) is 0.965. The molecule has 1 aromatic carbocycles. The molecule has 0 saturated carbocycles. The summed E-state index contributed by atoms with van der Waals surface area (Å²) in [6.07, 6.45) is 0. The first-order valence-electron chi connectivity index (χ1n) is 4.15. The van der Waals surface area contributed by atoms with Crippen LogP contribution in [0.3, 0.4) is 0 Å². The molecule has 1 rings (SSSR count). The Kier molecular flexibility index (Phi) is 5.23. The molecule has 0 heterocycles. The average molecular weight is 376 g/mol. The van der Waals surface area contributed by atoms with Gasteiger partial charge in [0.2, 0.25) is 0 Å². The van der Waals surface area contributed by atoms with E-state index in [1.165, 1.54) is 0 Å². The Morgan fingerprint density at radius 2 is 1.29 bits per heavy atom. The number of benzene rings is 1. The number of rotatable bonds is 2. The van der Waals surface area contributed by atoms with Gasteiger partial charge in [-0.3, -0.25) is 4.57 Å². The van der Waals surface area contributed by atoms with E-state index >= 15 is 0 Å². The number of anilines is 1. The highest BCUT2D eigenvalue weighted by atomic mass is 35.6. The van der Waals surface area contributed by atoms with E-state index in [-0.39, 0.29) is 0 Å². The number of hydrogen-bond acceptors (Lipinski definition) is 1. The minimum Gasteiger partial charge on any atom is -0.330 e. The minimum atomic E-state index is -3.97. The molecule has 1 aromatic rings. The van der Waals surface area contributed by atoms with Gasteiger partial charge in [-0.1, -0.05) is 87.8 Å². The molecule has 0 aliphatic rings. The van der Waals surface area contributed by atoms with Gasteiger partial charge in [0.05, 0.1) is 0 Å². The van der Waals surface area contributed by atoms with E-state index in [9.17, 15) is 4.57 Å². The van der Waals surface area contributed by atoms with Gasteiger partial charge in [-0.2, -0.15) is 0 Å². The molecular weight excluding hydrogens is 370 g/mol. The van der Waals surface area contributed by atoms with E-state index in [1.807, 2.05) is 0 Å². The van der Waals surface area contributed by atoms with E-state index < -0.39 is 14.4 Å². The minimum absolute atomic E-state index is 0.425. The highest BCUT2D eigenvalue weighted by Gasteiger charge is 2.58. The molecule has 0 amide bonds. The second kappa shape index (κ2) is 5.54. The van der Waals surface area contributed by atoms with Crippen molar-refractivity contribution in [3.63, 3.8) is 0 Å². The monoisotopic (exact) mass is 373 g/mol. The van der Waals surface area contributed by atoms with Crippen LogP contribution in [0.25, 0.3) is 0 Å². The Morgan fingerprint density at radius 1 is 0.882 bits per heavy atom. The highest BCUT2D eigenvalue weighted by molar-refractivity contribution is 7.79. The fraction of sp³-hybridized carbons (Fsp3) is 0.250. The summed E-state index contributed by atoms with van der Waals surface area (Å²) in [5.41, 5.74) is 0.425. The zero-order chi connectivity index (χ0) is 13.3. The van der Waals surface area contributed by atoms with Crippen LogP contribution in [-0.4, -0.2) is 7.07 Å². The first kappa shape index (κ1) is 16.0. The summed E-state index contributed by atoms with van der Waals surface area (Å²) in [5, 5.41) is 2.50. The van der Waals surface area contributed by atoms with Crippen LogP contribution in [0.2, 0.25) is 0 Å². The standard InChI is InChI=1S/C8H6Cl6NOP/c9-7(10,11)17(16,8(12,13)14)15-6-4-2-1-3-5-6/h1-5H,(H,15,16). The van der Waals surface area contributed by atoms with Crippen LogP contribution in [0.4, 0.5) is 5.69 Å². The van der Waals surface area contributed by atoms with Gasteiger partial charge in [-0.25, -0.2) is 0 Å². The lowest BCUT2D eigenvalue weighted by molar-refractivity contribution is 0.578. The smallest absolute Gasteiger partial charge is 0.269 e. The number of para-hydroxylation sites is 1. The van der Waals surface area contributed by atoms with Gasteiger partial charge < -0.3 is 5.09 Å². The van der Waals surface area contributed by atoms with E-state index in [1.54, 1.807) is 30.3 Å². The van der Waals surface area contributed by atoms with Crippen molar-refractivity contribution in [1.82, 2.24) is 0 Å². The Balaban J connectivity index is 3.16. The molecule has 0 aliphatic heterocycles. The first-order valence-corrected chi connectivity index (χ1v) is 8.12. The highest BCUT2D eigenvalue weighted by Crippen LogP contribution is 2.75. The summed E-state index contributed by atoms with van der Waals surface area (Å²) in [5.74, 6) is 0. The molecule has 2 nitrogen and oxygen atoms in total. The lowest BCUT2D eigenvalue weighted by Gasteiger charge is -2.31. The maximum absolute atomic E-state index is 12.5. The van der Waals surface area contributed by atoms with Crippen molar-refractivity contribution in [3.8, 4) is 0 Å². The number of hydrogen-bond donors (Lipinski definition) is 1. The van der Waals surface area contributed by atoms with Gasteiger partial charge in [0.15, 0.2) is 0 Å². The summed E-state index contributed by atoms with van der Waals surface area (Å²) >= 11 is 33.8. The van der Waals surface area contributed by atoms with Gasteiger partial charge in [-0.05, 0) is 12.1 Å². The average Bonchev–Trinajstić information content (AvgIpc) is 2.15. The molecule has 0 atom stereocenters. The van der Waals surface area contributed by atoms with Crippen molar-refractivity contribution < 1.29 is 4.57 Å². The molecule has 0 aliphatic carbocycles. The Hall–Kier alpha value is 0.990. The van der Waals surface area contributed by atoms with Crippen molar-refractivity contribution in [2.45, 2.75) is 7.07 Å². The third-order valence-electron chi connectivity index (χ3n) is 1.77. The normalized spacial score (nSPS) is 13.5. The van der Waals surface area contributed by atoms with Gasteiger partial charge in [0, 0.05) is 5.69 Å². The molecular formula is C8H6Cl6NOP. The van der Waals surface area contributed by atoms with E-state index in [0.29, 0.717) is 5.69 Å². The third-order valence-corrected chi connectivity index (χ3v) is 8.06. The zero-order valence-electron chi connectivity index (χ0n) is 8.01. The molecule has 0 fully saturated rings. The Labute approximate surface area is 129 Å². The van der Waals surface area contributed by atoms with Crippen LogP contribution in [0, 0.1) is 0 Å². The Bertz CT molecular complexity index is 408. The summed E-state index contributed by atoms with van der Waals surface area (Å²) in [6.45, 7) is 0. The molecule has 0 saturated heterocycles. The van der Waals surface area contributed by atoms with Gasteiger partial charge in [-0.15, -0.1) is 0 Å². The third kappa shape index (κ3) is 3.73. The first-order chi connectivity index (χ1) is 7.58. The fourth-order valence-corrected chi connectivity index (χ4v) is 6.23. The second-order valence-corrected chi connectivity index (χ2v) is 12.0. The summed E-state index contributed by atoms with van der Waals surface area (Å²) in [4.78, 5) is 0. The number of nitrogens with one attached hydrogen (secondary N) is 1. The van der Waals surface area contributed by atoms with Crippen molar-refractivity contribution in [2.24, 2.45) is 0 Å². The van der Waals surface area contributed by atoms with Crippen molar-refractivity contribution in [2.75, 3.05) is 5.09 Å². The van der Waals surface area contributed by atoms with Crippen LogP contribution in [-0.2, 0) is 4.57 Å². The van der Waals surface area contributed by atoms with E-state index in [0.717, 1.165) is 0 Å². The summed E-state index contributed by atoms with van der Waals surface area (Å²) in [6, 6.07) is 8.38. The molecule has 96 valence electrons. The van der Waals surface area contributed by atoms with Crippen LogP contribution in [0.15, 0.2) is 30.3 Å². The van der Waals surface area contributed by atoms with Crippen LogP contribution < -0.4 is 5.09 Å². The van der Waals surface area contributed by atoms with Crippen LogP contribution >= 0.6 is 76.9 Å². The molecule has 0 radical (unpaired) electrons. The molecule has 1 N–H and O–H groups in total. The maximum atomic E-state index is 12.5. The zero-order valence-corrected chi connectivity index (χ0v) is 13.4. The van der Waals surface area contributed by atoms with Crippen LogP contribution in [0.1, 0.15) is 0 Å². The van der Waals surface area contributed by atoms with Gasteiger partial charge >= 0.3 is 0 Å². The largest absolute Gasteiger partial charge is 0.330 e. The second-order valence-electron chi connectivity index (χ2n) is 3.02. The molecule has 17 heavy (non-hydrogen) atoms. The van der Waals surface area contributed by atoms with Gasteiger partial charge in [0.25, 0.3) is 14.4 Å². The van der Waals surface area contributed by atoms with Crippen molar-refractivity contribution in [1.29, 1.82) is 0 Å². The lowest BCUT2D eigenvalue weighted by atomic mass is 10.3. The number of alkyl halides is 6. The van der Waals surface area contributed by atoms with Crippen LogP contribution in [0.5, 0.6) is 0 Å². The summed E-state index contributed by atoms with van der Waals surface area (Å²) in [7, 11) is -3.97.